The molecule has 1 unspecified atom stereocenters. The van der Waals surface area contributed by atoms with Crippen molar-refractivity contribution in [1.29, 1.82) is 0 Å². The van der Waals surface area contributed by atoms with Crippen LogP contribution in [0.25, 0.3) is 11.1 Å². The number of carbonyl (C=O) groups excluding carboxylic acids is 2. The molecule has 3 N–H and O–H groups in total. The quantitative estimate of drug-likeness (QED) is 0.424. The number of nitrogens with one attached hydrogen (secondary N) is 2. The Kier molecular flexibility index (Phi) is 6.65. The number of benzene rings is 2. The van der Waals surface area contributed by atoms with Crippen molar-refractivity contribution in [2.45, 2.75) is 38.1 Å². The highest BCUT2D eigenvalue weighted by molar-refractivity contribution is 7.17. The van der Waals surface area contributed by atoms with E-state index in [4.69, 9.17) is 4.74 Å². The van der Waals surface area contributed by atoms with Gasteiger partial charge in [-0.25, -0.2) is 14.6 Å². The van der Waals surface area contributed by atoms with E-state index in [-0.39, 0.29) is 29.0 Å². The second-order valence-corrected chi connectivity index (χ2v) is 9.35. The molecular weight excluding hydrogens is 454 g/mol. The van der Waals surface area contributed by atoms with E-state index >= 15 is 0 Å². The lowest BCUT2D eigenvalue weighted by Gasteiger charge is -2.25. The number of aliphatic carboxylic acids is 1. The molecule has 1 aromatic heterocycles. The molecule has 0 saturated carbocycles. The van der Waals surface area contributed by atoms with E-state index in [0.29, 0.717) is 6.42 Å². The standard InChI is InChI=1S/C25H25N3O5S/c1-3-12-25(2,22(30)31)28-21(29)20-13-26-23(34-20)27-24(32)33-14-19-17-10-6-4-8-15(17)16-9-5-7-11-18(16)19/h4-11,13,19H,3,12,14H2,1-2H3,(H,28,29)(H,30,31)(H,26,27,32). The van der Waals surface area contributed by atoms with Crippen LogP contribution in [0.15, 0.2) is 54.7 Å². The Hall–Kier alpha value is -3.72. The lowest BCUT2D eigenvalue weighted by atomic mass is 9.96. The summed E-state index contributed by atoms with van der Waals surface area (Å²) in [4.78, 5) is 40.8. The van der Waals surface area contributed by atoms with E-state index in [1.54, 1.807) is 0 Å². The van der Waals surface area contributed by atoms with Crippen LogP contribution in [0.3, 0.4) is 0 Å². The van der Waals surface area contributed by atoms with Gasteiger partial charge in [-0.3, -0.25) is 10.1 Å². The molecule has 1 aliphatic carbocycles. The van der Waals surface area contributed by atoms with Gasteiger partial charge in [-0.1, -0.05) is 73.2 Å². The van der Waals surface area contributed by atoms with E-state index in [1.807, 2.05) is 43.3 Å². The number of nitrogens with zero attached hydrogens (tertiary/aromatic N) is 1. The van der Waals surface area contributed by atoms with Crippen molar-refractivity contribution < 1.29 is 24.2 Å². The highest BCUT2D eigenvalue weighted by atomic mass is 32.1. The number of amides is 2. The number of ether oxygens (including phenoxy) is 1. The predicted octanol–water partition coefficient (Wildman–Crippen LogP) is 4.88. The van der Waals surface area contributed by atoms with Gasteiger partial charge in [0.05, 0.1) is 6.20 Å². The fraction of sp³-hybridized carbons (Fsp3) is 0.280. The summed E-state index contributed by atoms with van der Waals surface area (Å²) in [6, 6.07) is 16.1. The summed E-state index contributed by atoms with van der Waals surface area (Å²) in [6.45, 7) is 3.47. The zero-order valence-corrected chi connectivity index (χ0v) is 19.6. The van der Waals surface area contributed by atoms with Crippen molar-refractivity contribution in [3.8, 4) is 11.1 Å². The zero-order valence-electron chi connectivity index (χ0n) is 18.8. The Bertz CT molecular complexity index is 1200. The number of anilines is 1. The number of hydrogen-bond donors (Lipinski definition) is 3. The van der Waals surface area contributed by atoms with Crippen LogP contribution in [0.4, 0.5) is 9.93 Å². The maximum absolute atomic E-state index is 12.5. The van der Waals surface area contributed by atoms with E-state index < -0.39 is 23.5 Å². The molecule has 9 heteroatoms. The first-order valence-corrected chi connectivity index (χ1v) is 11.8. The number of rotatable bonds is 8. The Morgan fingerprint density at radius 3 is 2.29 bits per heavy atom. The molecule has 1 aliphatic rings. The number of carboxylic acids is 1. The van der Waals surface area contributed by atoms with Crippen LogP contribution in [-0.2, 0) is 9.53 Å². The van der Waals surface area contributed by atoms with Crippen molar-refractivity contribution >= 4 is 34.4 Å². The van der Waals surface area contributed by atoms with Crippen LogP contribution >= 0.6 is 11.3 Å². The van der Waals surface area contributed by atoms with Gasteiger partial charge in [-0.15, -0.1) is 0 Å². The summed E-state index contributed by atoms with van der Waals surface area (Å²) < 4.78 is 5.50. The van der Waals surface area contributed by atoms with Gasteiger partial charge in [-0.05, 0) is 35.6 Å². The first-order chi connectivity index (χ1) is 16.3. The smallest absolute Gasteiger partial charge is 0.413 e. The third-order valence-electron chi connectivity index (χ3n) is 5.89. The maximum atomic E-state index is 12.5. The van der Waals surface area contributed by atoms with Crippen molar-refractivity contribution in [3.63, 3.8) is 0 Å². The molecule has 4 rings (SSSR count). The fourth-order valence-electron chi connectivity index (χ4n) is 4.19. The van der Waals surface area contributed by atoms with Crippen molar-refractivity contribution in [1.82, 2.24) is 10.3 Å². The molecule has 0 fully saturated rings. The highest BCUT2D eigenvalue weighted by Gasteiger charge is 2.34. The fourth-order valence-corrected chi connectivity index (χ4v) is 4.89. The first-order valence-electron chi connectivity index (χ1n) is 11.0. The Labute approximate surface area is 201 Å². The van der Waals surface area contributed by atoms with Gasteiger partial charge in [0.25, 0.3) is 5.91 Å². The molecule has 176 valence electrons. The van der Waals surface area contributed by atoms with E-state index in [1.165, 1.54) is 13.1 Å². The van der Waals surface area contributed by atoms with E-state index in [0.717, 1.165) is 33.6 Å². The van der Waals surface area contributed by atoms with Crippen molar-refractivity contribution in [2.75, 3.05) is 11.9 Å². The molecule has 2 amide bonds. The summed E-state index contributed by atoms with van der Waals surface area (Å²) in [5.74, 6) is -1.73. The second-order valence-electron chi connectivity index (χ2n) is 8.32. The van der Waals surface area contributed by atoms with Gasteiger partial charge in [0.1, 0.15) is 17.0 Å². The predicted molar refractivity (Wildman–Crippen MR) is 129 cm³/mol. The van der Waals surface area contributed by atoms with Crippen LogP contribution in [0, 0.1) is 0 Å². The molecule has 0 radical (unpaired) electrons. The number of aromatic nitrogens is 1. The lowest BCUT2D eigenvalue weighted by Crippen LogP contribution is -2.51. The maximum Gasteiger partial charge on any atom is 0.413 e. The molecule has 8 nitrogen and oxygen atoms in total. The van der Waals surface area contributed by atoms with Crippen molar-refractivity contribution in [3.05, 3.63) is 70.7 Å². The Morgan fingerprint density at radius 1 is 1.09 bits per heavy atom. The number of carbonyl (C=O) groups is 3. The molecule has 2 aromatic carbocycles. The van der Waals surface area contributed by atoms with E-state index in [9.17, 15) is 19.5 Å². The zero-order chi connectivity index (χ0) is 24.3. The minimum atomic E-state index is -1.38. The van der Waals surface area contributed by atoms with Gasteiger partial charge in [0.15, 0.2) is 5.13 Å². The van der Waals surface area contributed by atoms with Crippen LogP contribution < -0.4 is 10.6 Å². The highest BCUT2D eigenvalue weighted by Crippen LogP contribution is 2.44. The average molecular weight is 480 g/mol. The summed E-state index contributed by atoms with van der Waals surface area (Å²) in [5.41, 5.74) is 3.12. The largest absolute Gasteiger partial charge is 0.480 e. The molecule has 3 aromatic rings. The normalized spacial score (nSPS) is 13.9. The van der Waals surface area contributed by atoms with Gasteiger partial charge in [0, 0.05) is 5.92 Å². The monoisotopic (exact) mass is 479 g/mol. The minimum absolute atomic E-state index is 0.0666. The molecule has 0 saturated heterocycles. The molecule has 0 bridgehead atoms. The number of fused-ring (bicyclic) bond motifs is 3. The molecular formula is C25H25N3O5S. The Morgan fingerprint density at radius 2 is 1.71 bits per heavy atom. The summed E-state index contributed by atoms with van der Waals surface area (Å²) in [7, 11) is 0. The molecule has 1 atom stereocenters. The van der Waals surface area contributed by atoms with Crippen LogP contribution in [-0.4, -0.2) is 40.2 Å². The molecule has 0 aliphatic heterocycles. The molecule has 34 heavy (non-hydrogen) atoms. The minimum Gasteiger partial charge on any atom is -0.480 e. The molecule has 0 spiro atoms. The number of carboxylic acid groups (broad SMARTS) is 1. The SMILES string of the molecule is CCCC(C)(NC(=O)c1cnc(NC(=O)OCC2c3ccccc3-c3ccccc32)s1)C(=O)O. The topological polar surface area (TPSA) is 118 Å². The van der Waals surface area contributed by atoms with Gasteiger partial charge < -0.3 is 15.2 Å². The summed E-state index contributed by atoms with van der Waals surface area (Å²) >= 11 is 0.947. The molecule has 1 heterocycles. The van der Waals surface area contributed by atoms with Crippen LogP contribution in [0.1, 0.15) is 53.4 Å². The van der Waals surface area contributed by atoms with Gasteiger partial charge in [0.2, 0.25) is 0 Å². The second kappa shape index (κ2) is 9.64. The number of hydrogen-bond acceptors (Lipinski definition) is 6. The third kappa shape index (κ3) is 4.65. The van der Waals surface area contributed by atoms with Crippen LogP contribution in [0.2, 0.25) is 0 Å². The summed E-state index contributed by atoms with van der Waals surface area (Å²) in [5, 5.41) is 14.7. The van der Waals surface area contributed by atoms with Crippen LogP contribution in [0.5, 0.6) is 0 Å². The average Bonchev–Trinajstić information content (AvgIpc) is 3.40. The number of thiazole rings is 1. The van der Waals surface area contributed by atoms with Gasteiger partial charge >= 0.3 is 12.1 Å². The third-order valence-corrected chi connectivity index (χ3v) is 6.81. The lowest BCUT2D eigenvalue weighted by molar-refractivity contribution is -0.144. The van der Waals surface area contributed by atoms with E-state index in [2.05, 4.69) is 27.8 Å². The first kappa shape index (κ1) is 23.4. The van der Waals surface area contributed by atoms with Crippen molar-refractivity contribution in [2.24, 2.45) is 0 Å². The van der Waals surface area contributed by atoms with Gasteiger partial charge in [-0.2, -0.15) is 0 Å². The summed E-state index contributed by atoms with van der Waals surface area (Å²) in [6.07, 6.45) is 1.51. The Balaban J connectivity index is 1.38.